The Labute approximate surface area is 97.5 Å². The van der Waals surface area contributed by atoms with E-state index in [9.17, 15) is 5.11 Å². The first-order valence-electron chi connectivity index (χ1n) is 5.95. The van der Waals surface area contributed by atoms with Crippen molar-refractivity contribution in [2.45, 2.75) is 32.2 Å². The fraction of sp³-hybridized carbons (Fsp3) is 1.00. The molecular weight excluding hydrogens is 208 g/mol. The van der Waals surface area contributed by atoms with E-state index in [-0.39, 0.29) is 12.2 Å². The number of ether oxygens (including phenoxy) is 2. The number of morpholine rings is 1. The van der Waals surface area contributed by atoms with Gasteiger partial charge in [0.25, 0.3) is 0 Å². The molecule has 1 heterocycles. The minimum atomic E-state index is -0.432. The van der Waals surface area contributed by atoms with Crippen molar-refractivity contribution in [3.8, 4) is 0 Å². The lowest BCUT2D eigenvalue weighted by Gasteiger charge is -2.33. The molecule has 1 rings (SSSR count). The lowest BCUT2D eigenvalue weighted by atomic mass is 10.2. The van der Waals surface area contributed by atoms with Gasteiger partial charge in [0, 0.05) is 26.2 Å². The lowest BCUT2D eigenvalue weighted by molar-refractivity contribution is -0.0529. The second-order valence-electron chi connectivity index (χ2n) is 4.52. The van der Waals surface area contributed by atoms with Gasteiger partial charge in [-0.2, -0.15) is 0 Å². The number of rotatable bonds is 6. The predicted octanol–water partition coefficient (Wildman–Crippen LogP) is -0.568. The van der Waals surface area contributed by atoms with Gasteiger partial charge in [-0.3, -0.25) is 4.90 Å². The number of nitrogens with zero attached hydrogens (tertiary/aromatic N) is 1. The monoisotopic (exact) mass is 232 g/mol. The maximum Gasteiger partial charge on any atom is 0.0900 e. The third kappa shape index (κ3) is 5.23. The number of aliphatic hydroxyl groups is 1. The van der Waals surface area contributed by atoms with Crippen LogP contribution in [0.2, 0.25) is 0 Å². The van der Waals surface area contributed by atoms with Crippen LogP contribution in [0, 0.1) is 0 Å². The third-order valence-corrected chi connectivity index (χ3v) is 2.58. The summed E-state index contributed by atoms with van der Waals surface area (Å²) in [6.45, 7) is 7.84. The summed E-state index contributed by atoms with van der Waals surface area (Å²) in [6.07, 6.45) is -0.165. The van der Waals surface area contributed by atoms with Crippen LogP contribution in [-0.2, 0) is 9.47 Å². The molecule has 1 aliphatic rings. The van der Waals surface area contributed by atoms with Crippen LogP contribution >= 0.6 is 0 Å². The molecule has 0 aromatic carbocycles. The Hall–Kier alpha value is -0.200. The zero-order valence-electron chi connectivity index (χ0n) is 10.3. The maximum atomic E-state index is 9.77. The van der Waals surface area contributed by atoms with Crippen LogP contribution in [0.4, 0.5) is 0 Å². The van der Waals surface area contributed by atoms with E-state index in [2.05, 4.69) is 4.90 Å². The van der Waals surface area contributed by atoms with Crippen molar-refractivity contribution < 1.29 is 14.6 Å². The summed E-state index contributed by atoms with van der Waals surface area (Å²) in [5.74, 6) is 0. The molecule has 0 bridgehead atoms. The van der Waals surface area contributed by atoms with Crippen LogP contribution in [0.3, 0.4) is 0 Å². The van der Waals surface area contributed by atoms with Gasteiger partial charge in [-0.1, -0.05) is 0 Å². The van der Waals surface area contributed by atoms with E-state index < -0.39 is 6.10 Å². The molecule has 0 aliphatic carbocycles. The number of hydrogen-bond acceptors (Lipinski definition) is 5. The molecule has 0 amide bonds. The van der Waals surface area contributed by atoms with Crippen molar-refractivity contribution in [1.29, 1.82) is 0 Å². The van der Waals surface area contributed by atoms with E-state index in [1.165, 1.54) is 0 Å². The van der Waals surface area contributed by atoms with Gasteiger partial charge in [-0.25, -0.2) is 0 Å². The highest BCUT2D eigenvalue weighted by molar-refractivity contribution is 4.74. The SMILES string of the molecule is CC(C)OCC(O)CN1CCOC(CN)C1. The third-order valence-electron chi connectivity index (χ3n) is 2.58. The smallest absolute Gasteiger partial charge is 0.0900 e. The second kappa shape index (κ2) is 7.19. The maximum absolute atomic E-state index is 9.77. The van der Waals surface area contributed by atoms with Gasteiger partial charge >= 0.3 is 0 Å². The fourth-order valence-corrected chi connectivity index (χ4v) is 1.74. The second-order valence-corrected chi connectivity index (χ2v) is 4.52. The summed E-state index contributed by atoms with van der Waals surface area (Å²) < 4.78 is 10.8. The van der Waals surface area contributed by atoms with E-state index >= 15 is 0 Å². The molecule has 1 aliphatic heterocycles. The van der Waals surface area contributed by atoms with Gasteiger partial charge < -0.3 is 20.3 Å². The normalized spacial score (nSPS) is 24.9. The summed E-state index contributed by atoms with van der Waals surface area (Å²) in [5.41, 5.74) is 5.56. The Morgan fingerprint density at radius 1 is 1.56 bits per heavy atom. The van der Waals surface area contributed by atoms with Crippen LogP contribution in [0.5, 0.6) is 0 Å². The molecule has 1 saturated heterocycles. The molecule has 2 atom stereocenters. The zero-order valence-corrected chi connectivity index (χ0v) is 10.3. The Bertz CT molecular complexity index is 190. The molecular formula is C11H24N2O3. The molecule has 16 heavy (non-hydrogen) atoms. The van der Waals surface area contributed by atoms with Crippen molar-refractivity contribution in [1.82, 2.24) is 4.90 Å². The molecule has 0 radical (unpaired) electrons. The topological polar surface area (TPSA) is 68.0 Å². The summed E-state index contributed by atoms with van der Waals surface area (Å²) >= 11 is 0. The van der Waals surface area contributed by atoms with E-state index in [4.69, 9.17) is 15.2 Å². The summed E-state index contributed by atoms with van der Waals surface area (Å²) in [6, 6.07) is 0. The van der Waals surface area contributed by atoms with Crippen molar-refractivity contribution in [3.05, 3.63) is 0 Å². The van der Waals surface area contributed by atoms with Crippen LogP contribution in [0.1, 0.15) is 13.8 Å². The minimum Gasteiger partial charge on any atom is -0.389 e. The first-order valence-corrected chi connectivity index (χ1v) is 5.95. The zero-order chi connectivity index (χ0) is 12.0. The van der Waals surface area contributed by atoms with Gasteiger partial charge in [0.1, 0.15) is 0 Å². The van der Waals surface area contributed by atoms with Crippen LogP contribution in [-0.4, -0.2) is 67.7 Å². The van der Waals surface area contributed by atoms with E-state index in [0.717, 1.165) is 13.1 Å². The molecule has 5 heteroatoms. The van der Waals surface area contributed by atoms with Crippen LogP contribution in [0.25, 0.3) is 0 Å². The Morgan fingerprint density at radius 3 is 2.94 bits per heavy atom. The van der Waals surface area contributed by atoms with Crippen molar-refractivity contribution in [2.75, 3.05) is 39.4 Å². The first-order chi connectivity index (χ1) is 7.61. The quantitative estimate of drug-likeness (QED) is 0.642. The highest BCUT2D eigenvalue weighted by atomic mass is 16.5. The van der Waals surface area contributed by atoms with Crippen molar-refractivity contribution in [3.63, 3.8) is 0 Å². The van der Waals surface area contributed by atoms with E-state index in [1.807, 2.05) is 13.8 Å². The summed E-state index contributed by atoms with van der Waals surface area (Å²) in [7, 11) is 0. The number of hydrogen-bond donors (Lipinski definition) is 2. The summed E-state index contributed by atoms with van der Waals surface area (Å²) in [5, 5.41) is 9.77. The Balaban J connectivity index is 2.19. The highest BCUT2D eigenvalue weighted by Crippen LogP contribution is 2.05. The Kier molecular flexibility index (Phi) is 6.23. The Morgan fingerprint density at radius 2 is 2.31 bits per heavy atom. The van der Waals surface area contributed by atoms with Gasteiger partial charge in [-0.05, 0) is 13.8 Å². The van der Waals surface area contributed by atoms with Crippen molar-refractivity contribution in [2.24, 2.45) is 5.73 Å². The molecule has 0 saturated carbocycles. The molecule has 1 fully saturated rings. The van der Waals surface area contributed by atoms with Gasteiger partial charge in [0.2, 0.25) is 0 Å². The van der Waals surface area contributed by atoms with E-state index in [0.29, 0.717) is 26.3 Å². The fourth-order valence-electron chi connectivity index (χ4n) is 1.74. The first kappa shape index (κ1) is 13.9. The molecule has 3 N–H and O–H groups in total. The molecule has 96 valence electrons. The number of β-amino-alcohol motifs (C(OH)–C–C–N with tert-alkyl or cyclic N) is 1. The van der Waals surface area contributed by atoms with E-state index in [1.54, 1.807) is 0 Å². The minimum absolute atomic E-state index is 0.104. The van der Waals surface area contributed by atoms with Crippen LogP contribution < -0.4 is 5.73 Å². The molecule has 0 aromatic heterocycles. The summed E-state index contributed by atoms with van der Waals surface area (Å²) in [4.78, 5) is 2.18. The highest BCUT2D eigenvalue weighted by Gasteiger charge is 2.21. The molecule has 2 unspecified atom stereocenters. The van der Waals surface area contributed by atoms with Gasteiger partial charge in [0.05, 0.1) is 31.5 Å². The van der Waals surface area contributed by atoms with Gasteiger partial charge in [0.15, 0.2) is 0 Å². The lowest BCUT2D eigenvalue weighted by Crippen LogP contribution is -2.48. The van der Waals surface area contributed by atoms with Crippen LogP contribution in [0.15, 0.2) is 0 Å². The van der Waals surface area contributed by atoms with Gasteiger partial charge in [-0.15, -0.1) is 0 Å². The number of aliphatic hydroxyl groups excluding tert-OH is 1. The molecule has 0 aromatic rings. The molecule has 5 nitrogen and oxygen atoms in total. The average molecular weight is 232 g/mol. The average Bonchev–Trinajstić information content (AvgIpc) is 2.26. The van der Waals surface area contributed by atoms with Crippen molar-refractivity contribution >= 4 is 0 Å². The predicted molar refractivity (Wildman–Crippen MR) is 62.3 cm³/mol. The largest absolute Gasteiger partial charge is 0.389 e. The number of nitrogens with two attached hydrogens (primary N) is 1. The molecule has 0 spiro atoms. The standard InChI is InChI=1S/C11H24N2O3/c1-9(2)16-8-10(14)6-13-3-4-15-11(5-12)7-13/h9-11,14H,3-8,12H2,1-2H3.